The van der Waals surface area contributed by atoms with Crippen molar-refractivity contribution in [3.05, 3.63) is 12.7 Å². The third-order valence-corrected chi connectivity index (χ3v) is 0. The van der Waals surface area contributed by atoms with Crippen LogP contribution in [0.15, 0.2) is 6.58 Å². The van der Waals surface area contributed by atoms with Crippen LogP contribution in [0.2, 0.25) is 0 Å². The Morgan fingerprint density at radius 2 is 1.60 bits per heavy atom. The van der Waals surface area contributed by atoms with Crippen LogP contribution >= 0.6 is 0 Å². The van der Waals surface area contributed by atoms with Crippen molar-refractivity contribution in [3.8, 4) is 0 Å². The number of rotatable bonds is 0. The third-order valence-electron chi connectivity index (χ3n) is 0. The van der Waals surface area contributed by atoms with Crippen LogP contribution in [-0.2, 0) is 0 Å². The van der Waals surface area contributed by atoms with Crippen LogP contribution in [0.25, 0.3) is 0 Å². The summed E-state index contributed by atoms with van der Waals surface area (Å²) in [7, 11) is 0. The van der Waals surface area contributed by atoms with Gasteiger partial charge in [0, 0.05) is 0 Å². The molecule has 0 aromatic rings. The van der Waals surface area contributed by atoms with Crippen molar-refractivity contribution in [1.82, 2.24) is 0 Å². The smallest absolute Gasteiger partial charge is 1.00 e. The molecule has 0 aliphatic rings. The van der Waals surface area contributed by atoms with E-state index in [1.165, 1.54) is 0 Å². The Bertz CT molecular complexity index is 14.4. The van der Waals surface area contributed by atoms with E-state index in [0.29, 0.717) is 0 Å². The van der Waals surface area contributed by atoms with Crippen LogP contribution in [0.3, 0.4) is 0 Å². The zero-order valence-corrected chi connectivity index (χ0v) is 5.46. The van der Waals surface area contributed by atoms with E-state index in [4.69, 9.17) is 0 Å². The molecule has 0 rings (SSSR count). The molecule has 0 atom stereocenters. The molecule has 0 bridgehead atoms. The molecule has 0 saturated heterocycles. The van der Waals surface area contributed by atoms with Crippen LogP contribution in [0.5, 0.6) is 0 Å². The minimum absolute atomic E-state index is 0. The SMILES string of the molecule is C=[C-]C.[Cl-].[Mg+2]. The topological polar surface area (TPSA) is 0 Å². The fraction of sp³-hybridized carbons (Fsp3) is 0.333. The van der Waals surface area contributed by atoms with Crippen LogP contribution in [0.4, 0.5) is 0 Å². The van der Waals surface area contributed by atoms with E-state index in [-0.39, 0.29) is 35.5 Å². The molecular formula is C3H5ClMg. The Balaban J connectivity index is -0.0000000200. The van der Waals surface area contributed by atoms with E-state index >= 15 is 0 Å². The predicted octanol–water partition coefficient (Wildman–Crippen LogP) is -2.38. The van der Waals surface area contributed by atoms with Crippen LogP contribution in [0.1, 0.15) is 6.92 Å². The first-order valence-corrected chi connectivity index (χ1v) is 0.854. The first kappa shape index (κ1) is 17.1. The Hall–Kier alpha value is 0.796. The number of halogens is 1. The van der Waals surface area contributed by atoms with Crippen molar-refractivity contribution in [2.24, 2.45) is 0 Å². The van der Waals surface area contributed by atoms with Gasteiger partial charge in [0.2, 0.25) is 0 Å². The molecule has 2 heteroatoms. The van der Waals surface area contributed by atoms with Crippen LogP contribution in [-0.4, -0.2) is 23.1 Å². The molecule has 0 N–H and O–H groups in total. The summed E-state index contributed by atoms with van der Waals surface area (Å²) < 4.78 is 0. The summed E-state index contributed by atoms with van der Waals surface area (Å²) in [5.41, 5.74) is 0. The van der Waals surface area contributed by atoms with E-state index in [0.717, 1.165) is 0 Å². The van der Waals surface area contributed by atoms with Crippen LogP contribution < -0.4 is 12.4 Å². The zero-order chi connectivity index (χ0) is 2.71. The molecule has 0 saturated carbocycles. The Morgan fingerprint density at radius 3 is 1.60 bits per heavy atom. The number of allylic oxidation sites excluding steroid dienone is 1. The minimum Gasteiger partial charge on any atom is -1.00 e. The second kappa shape index (κ2) is 21.4. The van der Waals surface area contributed by atoms with Crippen molar-refractivity contribution in [2.75, 3.05) is 0 Å². The fourth-order valence-electron chi connectivity index (χ4n) is 0. The molecule has 0 spiro atoms. The van der Waals surface area contributed by atoms with Crippen molar-refractivity contribution in [1.29, 1.82) is 0 Å². The quantitative estimate of drug-likeness (QED) is 0.236. The first-order chi connectivity index (χ1) is 1.41. The minimum atomic E-state index is 0. The maximum Gasteiger partial charge on any atom is 2.00 e. The third kappa shape index (κ3) is 59.2. The molecule has 5 heavy (non-hydrogen) atoms. The molecule has 0 aromatic carbocycles. The maximum absolute atomic E-state index is 3.24. The van der Waals surface area contributed by atoms with Gasteiger partial charge in [-0.1, -0.05) is 0 Å². The summed E-state index contributed by atoms with van der Waals surface area (Å²) >= 11 is 0. The van der Waals surface area contributed by atoms with Crippen molar-refractivity contribution in [3.63, 3.8) is 0 Å². The fourth-order valence-corrected chi connectivity index (χ4v) is 0. The zero-order valence-electron chi connectivity index (χ0n) is 3.29. The molecule has 0 unspecified atom stereocenters. The van der Waals surface area contributed by atoms with Gasteiger partial charge in [-0.3, -0.25) is 6.58 Å². The molecule has 0 heterocycles. The molecule has 0 aromatic heterocycles. The second-order valence-corrected chi connectivity index (χ2v) is 0.354. The van der Waals surface area contributed by atoms with Gasteiger partial charge in [-0.05, 0) is 0 Å². The average molecular weight is 101 g/mol. The van der Waals surface area contributed by atoms with Gasteiger partial charge in [0.25, 0.3) is 0 Å². The van der Waals surface area contributed by atoms with Gasteiger partial charge in [-0.2, -0.15) is 6.92 Å². The monoisotopic (exact) mass is 100.0 g/mol. The summed E-state index contributed by atoms with van der Waals surface area (Å²) in [4.78, 5) is 0. The summed E-state index contributed by atoms with van der Waals surface area (Å²) in [5.74, 6) is 0. The van der Waals surface area contributed by atoms with Gasteiger partial charge in [0.15, 0.2) is 0 Å². The van der Waals surface area contributed by atoms with E-state index in [1.807, 2.05) is 0 Å². The normalized spacial score (nSPS) is 2.60. The maximum atomic E-state index is 3.24. The molecule has 0 amide bonds. The van der Waals surface area contributed by atoms with E-state index in [2.05, 4.69) is 12.7 Å². The van der Waals surface area contributed by atoms with Gasteiger partial charge in [-0.25, -0.2) is 0 Å². The Morgan fingerprint density at radius 1 is 1.60 bits per heavy atom. The molecule has 0 aliphatic heterocycles. The van der Waals surface area contributed by atoms with Crippen LogP contribution in [0, 0.1) is 6.08 Å². The standard InChI is InChI=1S/C3H5.ClH.Mg/c1-3-2;;/h1H2,2H3;1H;/q-1;;+2/p-1. The summed E-state index contributed by atoms with van der Waals surface area (Å²) in [6.45, 7) is 5.00. The van der Waals surface area contributed by atoms with Gasteiger partial charge >= 0.3 is 23.1 Å². The molecule has 0 radical (unpaired) electrons. The molecule has 0 fully saturated rings. The Kier molecular flexibility index (Phi) is 73.1. The molecule has 0 aliphatic carbocycles. The summed E-state index contributed by atoms with van der Waals surface area (Å²) in [5, 5.41) is 0. The van der Waals surface area contributed by atoms with E-state index < -0.39 is 0 Å². The molecular weight excluding hydrogens is 95.8 g/mol. The van der Waals surface area contributed by atoms with Crippen molar-refractivity contribution >= 4 is 23.1 Å². The van der Waals surface area contributed by atoms with Crippen molar-refractivity contribution < 1.29 is 12.4 Å². The number of hydrogen-bond donors (Lipinski definition) is 0. The van der Waals surface area contributed by atoms with Gasteiger partial charge in [0.1, 0.15) is 0 Å². The summed E-state index contributed by atoms with van der Waals surface area (Å²) in [6.07, 6.45) is 2.50. The van der Waals surface area contributed by atoms with Crippen molar-refractivity contribution in [2.45, 2.75) is 6.92 Å². The predicted molar refractivity (Wildman–Crippen MR) is 20.3 cm³/mol. The largest absolute Gasteiger partial charge is 2.00 e. The molecule has 26 valence electrons. The van der Waals surface area contributed by atoms with Gasteiger partial charge < -0.3 is 18.5 Å². The molecule has 0 nitrogen and oxygen atoms in total. The second-order valence-electron chi connectivity index (χ2n) is 0.354. The van der Waals surface area contributed by atoms with Gasteiger partial charge in [0.05, 0.1) is 0 Å². The van der Waals surface area contributed by atoms with Gasteiger partial charge in [-0.15, -0.1) is 0 Å². The Labute approximate surface area is 55.2 Å². The number of hydrogen-bond acceptors (Lipinski definition) is 0. The first-order valence-electron chi connectivity index (χ1n) is 0.854. The van der Waals surface area contributed by atoms with E-state index in [9.17, 15) is 0 Å². The summed E-state index contributed by atoms with van der Waals surface area (Å²) in [6, 6.07) is 0. The average Bonchev–Trinajstić information content (AvgIpc) is 0.918. The van der Waals surface area contributed by atoms with E-state index in [1.54, 1.807) is 6.92 Å².